The molecule has 0 bridgehead atoms. The molecule has 0 unspecified atom stereocenters. The van der Waals surface area contributed by atoms with Crippen LogP contribution in [0.4, 0.5) is 5.13 Å². The highest BCUT2D eigenvalue weighted by Crippen LogP contribution is 2.22. The van der Waals surface area contributed by atoms with Crippen molar-refractivity contribution in [1.82, 2.24) is 4.98 Å². The van der Waals surface area contributed by atoms with Gasteiger partial charge in [-0.2, -0.15) is 0 Å². The van der Waals surface area contributed by atoms with Crippen LogP contribution in [-0.2, 0) is 4.74 Å². The van der Waals surface area contributed by atoms with Crippen LogP contribution < -0.4 is 4.90 Å². The topological polar surface area (TPSA) is 45.6 Å². The highest BCUT2D eigenvalue weighted by molar-refractivity contribution is 7.14. The van der Waals surface area contributed by atoms with E-state index in [0.717, 1.165) is 5.13 Å². The summed E-state index contributed by atoms with van der Waals surface area (Å²) in [4.78, 5) is 6.07. The normalized spacial score (nSPS) is 10.5. The van der Waals surface area contributed by atoms with Gasteiger partial charge in [-0.1, -0.05) is 11.6 Å². The number of halogens is 1. The molecule has 1 N–H and O–H groups in total. The average Bonchev–Trinajstić information content (AvgIpc) is 2.59. The first-order valence-electron chi connectivity index (χ1n) is 4.23. The van der Waals surface area contributed by atoms with E-state index in [2.05, 4.69) is 4.98 Å². The monoisotopic (exact) mass is 236 g/mol. The van der Waals surface area contributed by atoms with Crippen LogP contribution in [0.25, 0.3) is 0 Å². The molecule has 0 saturated heterocycles. The van der Waals surface area contributed by atoms with E-state index in [0.29, 0.717) is 24.8 Å². The summed E-state index contributed by atoms with van der Waals surface area (Å²) in [6, 6.07) is 0. The highest BCUT2D eigenvalue weighted by atomic mass is 35.5. The van der Waals surface area contributed by atoms with Crippen molar-refractivity contribution in [2.24, 2.45) is 0 Å². The fraction of sp³-hybridized carbons (Fsp3) is 0.625. The van der Waals surface area contributed by atoms with Gasteiger partial charge in [0.25, 0.3) is 0 Å². The standard InChI is InChI=1S/C8H13ClN2O2S/c1-13-5-3-11(2-4-12)8-10-7(9)6-14-8/h6,12H,2-5H2,1H3. The first kappa shape index (κ1) is 11.7. The molecular weight excluding hydrogens is 224 g/mol. The average molecular weight is 237 g/mol. The molecule has 0 aliphatic carbocycles. The third kappa shape index (κ3) is 3.42. The van der Waals surface area contributed by atoms with Gasteiger partial charge in [-0.15, -0.1) is 11.3 Å². The SMILES string of the molecule is COCCN(CCO)c1nc(Cl)cs1. The molecule has 6 heteroatoms. The van der Waals surface area contributed by atoms with Gasteiger partial charge in [0.2, 0.25) is 0 Å². The minimum absolute atomic E-state index is 0.0981. The second-order valence-electron chi connectivity index (χ2n) is 2.66. The van der Waals surface area contributed by atoms with Crippen molar-refractivity contribution in [1.29, 1.82) is 0 Å². The quantitative estimate of drug-likeness (QED) is 0.808. The Balaban J connectivity index is 2.57. The smallest absolute Gasteiger partial charge is 0.186 e. The van der Waals surface area contributed by atoms with Gasteiger partial charge in [0.15, 0.2) is 5.13 Å². The molecule has 0 aliphatic heterocycles. The molecule has 0 aliphatic rings. The number of aliphatic hydroxyl groups is 1. The Morgan fingerprint density at radius 3 is 2.93 bits per heavy atom. The predicted molar refractivity (Wildman–Crippen MR) is 58.3 cm³/mol. The van der Waals surface area contributed by atoms with E-state index >= 15 is 0 Å². The van der Waals surface area contributed by atoms with Crippen molar-refractivity contribution < 1.29 is 9.84 Å². The Labute approximate surface area is 92.1 Å². The number of methoxy groups -OCH3 is 1. The van der Waals surface area contributed by atoms with Crippen LogP contribution in [0.3, 0.4) is 0 Å². The predicted octanol–water partition coefficient (Wildman–Crippen LogP) is 1.24. The number of rotatable bonds is 6. The van der Waals surface area contributed by atoms with Gasteiger partial charge in [-0.25, -0.2) is 4.98 Å². The molecule has 4 nitrogen and oxygen atoms in total. The molecule has 1 rings (SSSR count). The number of ether oxygens (including phenoxy) is 1. The molecule has 0 fully saturated rings. The van der Waals surface area contributed by atoms with Crippen LogP contribution in [0.15, 0.2) is 5.38 Å². The van der Waals surface area contributed by atoms with Crippen molar-refractivity contribution in [2.45, 2.75) is 0 Å². The Morgan fingerprint density at radius 1 is 1.64 bits per heavy atom. The van der Waals surface area contributed by atoms with Crippen LogP contribution >= 0.6 is 22.9 Å². The molecule has 0 aromatic carbocycles. The fourth-order valence-corrected chi connectivity index (χ4v) is 2.02. The van der Waals surface area contributed by atoms with Crippen molar-refractivity contribution in [3.8, 4) is 0 Å². The number of aromatic nitrogens is 1. The minimum atomic E-state index is 0.0981. The van der Waals surface area contributed by atoms with Crippen LogP contribution in [0, 0.1) is 0 Å². The van der Waals surface area contributed by atoms with Gasteiger partial charge in [-0.3, -0.25) is 0 Å². The zero-order chi connectivity index (χ0) is 10.4. The van der Waals surface area contributed by atoms with E-state index in [4.69, 9.17) is 21.4 Å². The lowest BCUT2D eigenvalue weighted by molar-refractivity contribution is 0.203. The lowest BCUT2D eigenvalue weighted by Crippen LogP contribution is -2.29. The summed E-state index contributed by atoms with van der Waals surface area (Å²) < 4.78 is 4.97. The lowest BCUT2D eigenvalue weighted by atomic mass is 10.5. The Morgan fingerprint density at radius 2 is 2.43 bits per heavy atom. The molecule has 1 aromatic heterocycles. The molecule has 14 heavy (non-hydrogen) atoms. The maximum Gasteiger partial charge on any atom is 0.186 e. The van der Waals surface area contributed by atoms with Gasteiger partial charge in [0, 0.05) is 25.6 Å². The Hall–Kier alpha value is -0.360. The van der Waals surface area contributed by atoms with E-state index < -0.39 is 0 Å². The molecule has 0 spiro atoms. The number of thiazole rings is 1. The molecule has 0 saturated carbocycles. The zero-order valence-corrected chi connectivity index (χ0v) is 9.51. The molecule has 0 radical (unpaired) electrons. The van der Waals surface area contributed by atoms with Crippen molar-refractivity contribution >= 4 is 28.1 Å². The Bertz CT molecular complexity index is 270. The molecule has 80 valence electrons. The lowest BCUT2D eigenvalue weighted by Gasteiger charge is -2.19. The van der Waals surface area contributed by atoms with Crippen LogP contribution in [-0.4, -0.2) is 43.5 Å². The van der Waals surface area contributed by atoms with Crippen LogP contribution in [0.5, 0.6) is 0 Å². The second kappa shape index (κ2) is 6.19. The van der Waals surface area contributed by atoms with Crippen molar-refractivity contribution in [2.75, 3.05) is 38.3 Å². The molecule has 1 heterocycles. The summed E-state index contributed by atoms with van der Waals surface area (Å²) in [6.45, 7) is 1.96. The zero-order valence-electron chi connectivity index (χ0n) is 7.94. The van der Waals surface area contributed by atoms with Gasteiger partial charge < -0.3 is 14.7 Å². The summed E-state index contributed by atoms with van der Waals surface area (Å²) in [7, 11) is 1.64. The Kier molecular flexibility index (Phi) is 5.17. The third-order valence-corrected chi connectivity index (χ3v) is 2.89. The summed E-state index contributed by atoms with van der Waals surface area (Å²) in [5.41, 5.74) is 0. The fourth-order valence-electron chi connectivity index (χ4n) is 1.02. The van der Waals surface area contributed by atoms with Crippen molar-refractivity contribution in [3.05, 3.63) is 10.5 Å². The number of hydrogen-bond acceptors (Lipinski definition) is 5. The maximum absolute atomic E-state index is 8.87. The van der Waals surface area contributed by atoms with Gasteiger partial charge >= 0.3 is 0 Å². The second-order valence-corrected chi connectivity index (χ2v) is 3.88. The van der Waals surface area contributed by atoms with Crippen LogP contribution in [0.1, 0.15) is 0 Å². The van der Waals surface area contributed by atoms with Crippen LogP contribution in [0.2, 0.25) is 5.15 Å². The number of anilines is 1. The molecule has 1 aromatic rings. The van der Waals surface area contributed by atoms with E-state index in [1.54, 1.807) is 12.5 Å². The maximum atomic E-state index is 8.87. The molecule has 0 amide bonds. The van der Waals surface area contributed by atoms with Gasteiger partial charge in [0.05, 0.1) is 13.2 Å². The largest absolute Gasteiger partial charge is 0.395 e. The number of hydrogen-bond donors (Lipinski definition) is 1. The summed E-state index contributed by atoms with van der Waals surface area (Å²) in [6.07, 6.45) is 0. The number of aliphatic hydroxyl groups excluding tert-OH is 1. The van der Waals surface area contributed by atoms with E-state index in [9.17, 15) is 0 Å². The molecular formula is C8H13ClN2O2S. The first-order chi connectivity index (χ1) is 6.77. The first-order valence-corrected chi connectivity index (χ1v) is 5.49. The van der Waals surface area contributed by atoms with E-state index in [1.165, 1.54) is 11.3 Å². The van der Waals surface area contributed by atoms with E-state index in [-0.39, 0.29) is 6.61 Å². The number of nitrogens with zero attached hydrogens (tertiary/aromatic N) is 2. The summed E-state index contributed by atoms with van der Waals surface area (Å²) in [5, 5.41) is 11.9. The molecule has 0 atom stereocenters. The van der Waals surface area contributed by atoms with Gasteiger partial charge in [-0.05, 0) is 0 Å². The van der Waals surface area contributed by atoms with Crippen molar-refractivity contribution in [3.63, 3.8) is 0 Å². The summed E-state index contributed by atoms with van der Waals surface area (Å²) in [5.74, 6) is 0. The summed E-state index contributed by atoms with van der Waals surface area (Å²) >= 11 is 7.18. The van der Waals surface area contributed by atoms with Gasteiger partial charge in [0.1, 0.15) is 5.15 Å². The van der Waals surface area contributed by atoms with E-state index in [1.807, 2.05) is 4.90 Å². The third-order valence-electron chi connectivity index (χ3n) is 1.67. The minimum Gasteiger partial charge on any atom is -0.395 e. The highest BCUT2D eigenvalue weighted by Gasteiger charge is 2.09.